The first kappa shape index (κ1) is 20.4. The molecule has 0 bridgehead atoms. The lowest BCUT2D eigenvalue weighted by Crippen LogP contribution is -2.14. The molecule has 0 aliphatic carbocycles. The van der Waals surface area contributed by atoms with Crippen molar-refractivity contribution in [1.82, 2.24) is 4.57 Å². The minimum atomic E-state index is -0.483. The van der Waals surface area contributed by atoms with Gasteiger partial charge in [0.2, 0.25) is 0 Å². The molecule has 0 saturated carbocycles. The van der Waals surface area contributed by atoms with Gasteiger partial charge in [0.05, 0.1) is 10.7 Å². The Hall–Kier alpha value is -3.29. The van der Waals surface area contributed by atoms with Gasteiger partial charge in [-0.15, -0.1) is 0 Å². The summed E-state index contributed by atoms with van der Waals surface area (Å²) in [5.74, 6) is -0.483. The number of hydrogen-bond acceptors (Lipinski definition) is 2. The number of benzene rings is 2. The Morgan fingerprint density at radius 3 is 2.41 bits per heavy atom. The number of anilines is 1. The van der Waals surface area contributed by atoms with E-state index < -0.39 is 5.91 Å². The Bertz CT molecular complexity index is 1130. The van der Waals surface area contributed by atoms with Crippen LogP contribution in [0.3, 0.4) is 0 Å². The Balaban J connectivity index is 1.96. The number of nitrogens with zero attached hydrogens (tertiary/aromatic N) is 2. The SMILES string of the molecule is Cc1ccc(-n2c(C)cc(/C=C(\C#N)C(=O)Nc3c(C)cccc3Cl)c2C)cc1. The fourth-order valence-corrected chi connectivity index (χ4v) is 3.57. The first-order valence-corrected chi connectivity index (χ1v) is 9.64. The van der Waals surface area contributed by atoms with Crippen LogP contribution in [0.1, 0.15) is 28.1 Å². The van der Waals surface area contributed by atoms with Gasteiger partial charge in [-0.25, -0.2) is 0 Å². The van der Waals surface area contributed by atoms with Gasteiger partial charge in [0.15, 0.2) is 0 Å². The van der Waals surface area contributed by atoms with E-state index in [1.54, 1.807) is 12.1 Å². The highest BCUT2D eigenvalue weighted by Crippen LogP contribution is 2.27. The van der Waals surface area contributed by atoms with Crippen LogP contribution in [0.2, 0.25) is 5.02 Å². The van der Waals surface area contributed by atoms with Crippen LogP contribution in [-0.2, 0) is 4.79 Å². The van der Waals surface area contributed by atoms with Crippen LogP contribution < -0.4 is 5.32 Å². The van der Waals surface area contributed by atoms with Crippen LogP contribution in [0.25, 0.3) is 11.8 Å². The Morgan fingerprint density at radius 1 is 1.10 bits per heavy atom. The van der Waals surface area contributed by atoms with E-state index in [1.807, 2.05) is 52.0 Å². The van der Waals surface area contributed by atoms with Crippen molar-refractivity contribution >= 4 is 29.3 Å². The Morgan fingerprint density at radius 2 is 1.79 bits per heavy atom. The second-order valence-corrected chi connectivity index (χ2v) is 7.46. The van der Waals surface area contributed by atoms with Crippen molar-refractivity contribution in [2.45, 2.75) is 27.7 Å². The van der Waals surface area contributed by atoms with E-state index >= 15 is 0 Å². The van der Waals surface area contributed by atoms with Gasteiger partial charge >= 0.3 is 0 Å². The van der Waals surface area contributed by atoms with Crippen LogP contribution in [0.4, 0.5) is 5.69 Å². The van der Waals surface area contributed by atoms with Gasteiger partial charge in [0.25, 0.3) is 5.91 Å². The summed E-state index contributed by atoms with van der Waals surface area (Å²) in [5, 5.41) is 12.8. The van der Waals surface area contributed by atoms with Gasteiger partial charge in [0, 0.05) is 17.1 Å². The topological polar surface area (TPSA) is 57.8 Å². The van der Waals surface area contributed by atoms with Crippen LogP contribution in [0, 0.1) is 39.0 Å². The summed E-state index contributed by atoms with van der Waals surface area (Å²) in [7, 11) is 0. The van der Waals surface area contributed by atoms with E-state index in [0.717, 1.165) is 28.2 Å². The van der Waals surface area contributed by atoms with Crippen molar-refractivity contribution < 1.29 is 4.79 Å². The van der Waals surface area contributed by atoms with Gasteiger partial charge in [-0.05, 0) is 69.2 Å². The molecule has 0 radical (unpaired) electrons. The number of carbonyl (C=O) groups excluding carboxylic acids is 1. The second-order valence-electron chi connectivity index (χ2n) is 7.05. The molecule has 0 unspecified atom stereocenters. The second kappa shape index (κ2) is 8.38. The van der Waals surface area contributed by atoms with Crippen LogP contribution in [-0.4, -0.2) is 10.5 Å². The standard InChI is InChI=1S/C24H22ClN3O/c1-15-8-10-21(11-9-15)28-17(3)12-19(18(28)4)13-20(14-26)24(29)27-23-16(2)6-5-7-22(23)25/h5-13H,1-4H3,(H,27,29)/b20-13+. The van der Waals surface area contributed by atoms with Crippen molar-refractivity contribution in [3.8, 4) is 11.8 Å². The van der Waals surface area contributed by atoms with Crippen molar-refractivity contribution in [3.63, 3.8) is 0 Å². The van der Waals surface area contributed by atoms with Crippen LogP contribution >= 0.6 is 11.6 Å². The number of nitriles is 1. The van der Waals surface area contributed by atoms with Crippen molar-refractivity contribution in [2.24, 2.45) is 0 Å². The van der Waals surface area contributed by atoms with Gasteiger partial charge < -0.3 is 9.88 Å². The average molecular weight is 404 g/mol. The van der Waals surface area contributed by atoms with E-state index in [-0.39, 0.29) is 5.57 Å². The zero-order valence-electron chi connectivity index (χ0n) is 16.9. The summed E-state index contributed by atoms with van der Waals surface area (Å²) in [5.41, 5.74) is 6.41. The summed E-state index contributed by atoms with van der Waals surface area (Å²) in [6.07, 6.45) is 1.62. The molecule has 1 heterocycles. The molecule has 0 fully saturated rings. The third kappa shape index (κ3) is 4.26. The highest BCUT2D eigenvalue weighted by molar-refractivity contribution is 6.34. The molecule has 0 atom stereocenters. The molecule has 2 aromatic carbocycles. The maximum atomic E-state index is 12.7. The minimum absolute atomic E-state index is 0.0217. The summed E-state index contributed by atoms with van der Waals surface area (Å²) in [4.78, 5) is 12.7. The number of carbonyl (C=O) groups is 1. The summed E-state index contributed by atoms with van der Waals surface area (Å²) < 4.78 is 2.11. The summed E-state index contributed by atoms with van der Waals surface area (Å²) in [6, 6.07) is 17.6. The Labute approximate surface area is 176 Å². The summed E-state index contributed by atoms with van der Waals surface area (Å²) in [6.45, 7) is 7.88. The molecular weight excluding hydrogens is 382 g/mol. The number of aromatic nitrogens is 1. The van der Waals surface area contributed by atoms with E-state index in [9.17, 15) is 10.1 Å². The Kier molecular flexibility index (Phi) is 5.91. The van der Waals surface area contributed by atoms with Gasteiger partial charge in [0.1, 0.15) is 11.6 Å². The number of aryl methyl sites for hydroxylation is 3. The van der Waals surface area contributed by atoms with E-state index in [1.165, 1.54) is 5.56 Å². The zero-order chi connectivity index (χ0) is 21.1. The fraction of sp³-hybridized carbons (Fsp3) is 0.167. The lowest BCUT2D eigenvalue weighted by molar-refractivity contribution is -0.112. The van der Waals surface area contributed by atoms with Gasteiger partial charge in [-0.2, -0.15) is 5.26 Å². The number of halogens is 1. The van der Waals surface area contributed by atoms with Crippen molar-refractivity contribution in [1.29, 1.82) is 5.26 Å². The smallest absolute Gasteiger partial charge is 0.266 e. The first-order chi connectivity index (χ1) is 13.8. The maximum absolute atomic E-state index is 12.7. The maximum Gasteiger partial charge on any atom is 0.266 e. The number of para-hydroxylation sites is 1. The quantitative estimate of drug-likeness (QED) is 0.434. The molecule has 1 aromatic heterocycles. The highest BCUT2D eigenvalue weighted by atomic mass is 35.5. The molecule has 5 heteroatoms. The minimum Gasteiger partial charge on any atom is -0.320 e. The highest BCUT2D eigenvalue weighted by Gasteiger charge is 2.15. The number of rotatable bonds is 4. The molecule has 0 spiro atoms. The molecule has 0 aliphatic heterocycles. The molecule has 0 aliphatic rings. The number of amides is 1. The molecule has 146 valence electrons. The average Bonchev–Trinajstić information content (AvgIpc) is 2.96. The van der Waals surface area contributed by atoms with E-state index in [0.29, 0.717) is 10.7 Å². The molecule has 1 N–H and O–H groups in total. The normalized spacial score (nSPS) is 11.2. The summed E-state index contributed by atoms with van der Waals surface area (Å²) >= 11 is 6.19. The third-order valence-electron chi connectivity index (χ3n) is 4.89. The largest absolute Gasteiger partial charge is 0.320 e. The van der Waals surface area contributed by atoms with Crippen LogP contribution in [0.15, 0.2) is 54.1 Å². The molecule has 0 saturated heterocycles. The van der Waals surface area contributed by atoms with Crippen LogP contribution in [0.5, 0.6) is 0 Å². The third-order valence-corrected chi connectivity index (χ3v) is 5.20. The number of hydrogen-bond donors (Lipinski definition) is 1. The zero-order valence-corrected chi connectivity index (χ0v) is 17.6. The number of nitrogens with one attached hydrogen (secondary N) is 1. The lowest BCUT2D eigenvalue weighted by atomic mass is 10.1. The molecule has 3 rings (SSSR count). The van der Waals surface area contributed by atoms with E-state index in [4.69, 9.17) is 11.6 Å². The van der Waals surface area contributed by atoms with Crippen molar-refractivity contribution in [2.75, 3.05) is 5.32 Å². The monoisotopic (exact) mass is 403 g/mol. The molecule has 4 nitrogen and oxygen atoms in total. The van der Waals surface area contributed by atoms with Gasteiger partial charge in [-0.1, -0.05) is 41.4 Å². The lowest BCUT2D eigenvalue weighted by Gasteiger charge is -2.10. The molecular formula is C24H22ClN3O. The molecule has 29 heavy (non-hydrogen) atoms. The predicted molar refractivity (Wildman–Crippen MR) is 118 cm³/mol. The van der Waals surface area contributed by atoms with E-state index in [2.05, 4.69) is 34.1 Å². The predicted octanol–water partition coefficient (Wildman–Crippen LogP) is 5.91. The fourth-order valence-electron chi connectivity index (χ4n) is 3.30. The first-order valence-electron chi connectivity index (χ1n) is 9.26. The molecule has 1 amide bonds. The molecule has 3 aromatic rings. The van der Waals surface area contributed by atoms with Gasteiger partial charge in [-0.3, -0.25) is 4.79 Å². The van der Waals surface area contributed by atoms with Crippen molar-refractivity contribution in [3.05, 3.63) is 87.2 Å².